The second-order valence-electron chi connectivity index (χ2n) is 2.43. The number of rotatable bonds is 3. The fourth-order valence-corrected chi connectivity index (χ4v) is 0.848. The van der Waals surface area contributed by atoms with Crippen LogP contribution in [0.4, 0.5) is 0 Å². The van der Waals surface area contributed by atoms with Crippen LogP contribution in [-0.4, -0.2) is 17.5 Å². The minimum atomic E-state index is -0.573. The van der Waals surface area contributed by atoms with Gasteiger partial charge in [-0.25, -0.2) is 0 Å². The van der Waals surface area contributed by atoms with E-state index in [1.54, 1.807) is 26.0 Å². The zero-order valence-electron chi connectivity index (χ0n) is 7.16. The van der Waals surface area contributed by atoms with Gasteiger partial charge in [0.1, 0.15) is 6.29 Å². The van der Waals surface area contributed by atoms with Gasteiger partial charge in [0.25, 0.3) is 0 Å². The van der Waals surface area contributed by atoms with Gasteiger partial charge in [0.2, 0.25) is 0 Å². The lowest BCUT2D eigenvalue weighted by Crippen LogP contribution is -2.05. The van der Waals surface area contributed by atoms with E-state index in [-0.39, 0.29) is 0 Å². The number of carbonyl (C=O) groups is 1. The Morgan fingerprint density at radius 2 is 2.09 bits per heavy atom. The number of aliphatic hydroxyl groups excluding tert-OH is 1. The van der Waals surface area contributed by atoms with E-state index in [0.717, 1.165) is 6.29 Å². The first-order valence-electron chi connectivity index (χ1n) is 3.60. The predicted molar refractivity (Wildman–Crippen MR) is 45.3 cm³/mol. The van der Waals surface area contributed by atoms with Crippen LogP contribution in [0.2, 0.25) is 0 Å². The van der Waals surface area contributed by atoms with Gasteiger partial charge in [-0.15, -0.1) is 0 Å². The van der Waals surface area contributed by atoms with E-state index in [0.29, 0.717) is 11.1 Å². The van der Waals surface area contributed by atoms with Crippen molar-refractivity contribution >= 4 is 6.29 Å². The number of allylic oxidation sites excluding steroid dienone is 2. The predicted octanol–water partition coefficient (Wildman–Crippen LogP) is 1.46. The van der Waals surface area contributed by atoms with E-state index < -0.39 is 6.10 Å². The molecule has 0 heterocycles. The van der Waals surface area contributed by atoms with Crippen molar-refractivity contribution in [2.45, 2.75) is 26.9 Å². The van der Waals surface area contributed by atoms with Crippen molar-refractivity contribution in [3.05, 3.63) is 23.3 Å². The summed E-state index contributed by atoms with van der Waals surface area (Å²) in [5, 5.41) is 9.18. The minimum Gasteiger partial charge on any atom is -0.389 e. The molecule has 0 aromatic rings. The zero-order chi connectivity index (χ0) is 8.85. The van der Waals surface area contributed by atoms with Gasteiger partial charge in [-0.3, -0.25) is 4.79 Å². The van der Waals surface area contributed by atoms with Gasteiger partial charge < -0.3 is 5.11 Å². The smallest absolute Gasteiger partial charge is 0.146 e. The summed E-state index contributed by atoms with van der Waals surface area (Å²) in [5.74, 6) is 0. The van der Waals surface area contributed by atoms with Crippen molar-refractivity contribution in [3.8, 4) is 0 Å². The van der Waals surface area contributed by atoms with Crippen LogP contribution in [-0.2, 0) is 4.79 Å². The van der Waals surface area contributed by atoms with Crippen LogP contribution in [0.25, 0.3) is 0 Å². The molecule has 0 aromatic heterocycles. The van der Waals surface area contributed by atoms with E-state index in [1.807, 2.05) is 6.92 Å². The van der Waals surface area contributed by atoms with Crippen molar-refractivity contribution in [2.24, 2.45) is 0 Å². The van der Waals surface area contributed by atoms with Crippen molar-refractivity contribution in [2.75, 3.05) is 0 Å². The van der Waals surface area contributed by atoms with Crippen LogP contribution < -0.4 is 0 Å². The Morgan fingerprint density at radius 1 is 1.55 bits per heavy atom. The number of hydrogen-bond acceptors (Lipinski definition) is 2. The summed E-state index contributed by atoms with van der Waals surface area (Å²) in [6.07, 6.45) is 3.72. The Morgan fingerprint density at radius 3 is 2.36 bits per heavy atom. The molecule has 2 heteroatoms. The summed E-state index contributed by atoms with van der Waals surface area (Å²) >= 11 is 0. The molecule has 2 nitrogen and oxygen atoms in total. The molecular formula is C9H14O2. The second kappa shape index (κ2) is 4.85. The van der Waals surface area contributed by atoms with Gasteiger partial charge in [-0.1, -0.05) is 12.2 Å². The third-order valence-electron chi connectivity index (χ3n) is 1.43. The highest BCUT2D eigenvalue weighted by molar-refractivity contribution is 5.74. The van der Waals surface area contributed by atoms with E-state index in [4.69, 9.17) is 0 Å². The molecule has 0 bridgehead atoms. The van der Waals surface area contributed by atoms with E-state index >= 15 is 0 Å². The molecule has 11 heavy (non-hydrogen) atoms. The Bertz CT molecular complexity index is 188. The SMILES string of the molecule is C/C=C\C(=C(/C)C=O)C(C)O. The maximum Gasteiger partial charge on any atom is 0.146 e. The van der Waals surface area contributed by atoms with E-state index in [9.17, 15) is 9.90 Å². The van der Waals surface area contributed by atoms with E-state index in [1.165, 1.54) is 0 Å². The second-order valence-corrected chi connectivity index (χ2v) is 2.43. The first kappa shape index (κ1) is 10.1. The highest BCUT2D eigenvalue weighted by Crippen LogP contribution is 2.08. The van der Waals surface area contributed by atoms with Crippen molar-refractivity contribution in [3.63, 3.8) is 0 Å². The fourth-order valence-electron chi connectivity index (χ4n) is 0.848. The third kappa shape index (κ3) is 3.14. The average Bonchev–Trinajstić information content (AvgIpc) is 1.98. The van der Waals surface area contributed by atoms with Crippen LogP contribution in [0.15, 0.2) is 23.3 Å². The molecule has 0 fully saturated rings. The molecule has 0 saturated heterocycles. The van der Waals surface area contributed by atoms with Crippen molar-refractivity contribution < 1.29 is 9.90 Å². The fraction of sp³-hybridized carbons (Fsp3) is 0.444. The van der Waals surface area contributed by atoms with Gasteiger partial charge in [0, 0.05) is 0 Å². The molecule has 0 amide bonds. The van der Waals surface area contributed by atoms with Gasteiger partial charge in [0.15, 0.2) is 0 Å². The lowest BCUT2D eigenvalue weighted by Gasteiger charge is -2.06. The first-order chi connectivity index (χ1) is 5.13. The number of hydrogen-bond donors (Lipinski definition) is 1. The lowest BCUT2D eigenvalue weighted by atomic mass is 10.1. The molecule has 0 saturated carbocycles. The molecular weight excluding hydrogens is 140 g/mol. The minimum absolute atomic E-state index is 0.573. The standard InChI is InChI=1S/C9H14O2/c1-4-5-9(8(3)11)7(2)6-10/h4-6,8,11H,1-3H3/b5-4-,9-7-. The van der Waals surface area contributed by atoms with E-state index in [2.05, 4.69) is 0 Å². The lowest BCUT2D eigenvalue weighted by molar-refractivity contribution is -0.105. The van der Waals surface area contributed by atoms with Crippen LogP contribution >= 0.6 is 0 Å². The molecule has 1 N–H and O–H groups in total. The Hall–Kier alpha value is -0.890. The largest absolute Gasteiger partial charge is 0.389 e. The quantitative estimate of drug-likeness (QED) is 0.379. The van der Waals surface area contributed by atoms with Gasteiger partial charge >= 0.3 is 0 Å². The molecule has 0 spiro atoms. The van der Waals surface area contributed by atoms with Crippen molar-refractivity contribution in [1.82, 2.24) is 0 Å². The number of aliphatic hydroxyl groups is 1. The normalized spacial score (nSPS) is 16.4. The van der Waals surface area contributed by atoms with Crippen LogP contribution in [0.5, 0.6) is 0 Å². The zero-order valence-corrected chi connectivity index (χ0v) is 7.16. The van der Waals surface area contributed by atoms with Crippen LogP contribution in [0.3, 0.4) is 0 Å². The molecule has 1 unspecified atom stereocenters. The Balaban J connectivity index is 4.71. The molecule has 62 valence electrons. The number of carbonyl (C=O) groups excluding carboxylic acids is 1. The highest BCUT2D eigenvalue weighted by atomic mass is 16.3. The molecule has 0 aliphatic heterocycles. The summed E-state index contributed by atoms with van der Waals surface area (Å²) in [5.41, 5.74) is 1.26. The number of aldehydes is 1. The Kier molecular flexibility index (Phi) is 4.46. The molecule has 1 atom stereocenters. The summed E-state index contributed by atoms with van der Waals surface area (Å²) in [7, 11) is 0. The van der Waals surface area contributed by atoms with Gasteiger partial charge in [-0.2, -0.15) is 0 Å². The molecule has 0 aromatic carbocycles. The average molecular weight is 154 g/mol. The van der Waals surface area contributed by atoms with Gasteiger partial charge in [0.05, 0.1) is 6.10 Å². The molecule has 0 aliphatic carbocycles. The topological polar surface area (TPSA) is 37.3 Å². The van der Waals surface area contributed by atoms with Crippen LogP contribution in [0.1, 0.15) is 20.8 Å². The molecule has 0 rings (SSSR count). The maximum atomic E-state index is 10.3. The summed E-state index contributed by atoms with van der Waals surface area (Å²) in [6.45, 7) is 5.18. The monoisotopic (exact) mass is 154 g/mol. The summed E-state index contributed by atoms with van der Waals surface area (Å²) in [4.78, 5) is 10.3. The Labute approximate surface area is 67.2 Å². The van der Waals surface area contributed by atoms with Crippen LogP contribution in [0, 0.1) is 0 Å². The third-order valence-corrected chi connectivity index (χ3v) is 1.43. The van der Waals surface area contributed by atoms with Crippen molar-refractivity contribution in [1.29, 1.82) is 0 Å². The first-order valence-corrected chi connectivity index (χ1v) is 3.60. The highest BCUT2D eigenvalue weighted by Gasteiger charge is 2.03. The molecule has 0 radical (unpaired) electrons. The summed E-state index contributed by atoms with van der Waals surface area (Å²) < 4.78 is 0. The maximum absolute atomic E-state index is 10.3. The summed E-state index contributed by atoms with van der Waals surface area (Å²) in [6, 6.07) is 0. The van der Waals surface area contributed by atoms with Gasteiger partial charge in [-0.05, 0) is 31.9 Å². The molecule has 0 aliphatic rings.